The summed E-state index contributed by atoms with van der Waals surface area (Å²) in [5.41, 5.74) is 1.88. The lowest BCUT2D eigenvalue weighted by atomic mass is 10.2. The molecular formula is C16H17Cl2N3. The number of halogens is 2. The van der Waals surface area contributed by atoms with Crippen LogP contribution in [-0.2, 0) is 0 Å². The van der Waals surface area contributed by atoms with Crippen molar-refractivity contribution >= 4 is 29.0 Å². The Bertz CT molecular complexity index is 654. The van der Waals surface area contributed by atoms with Crippen LogP contribution in [0, 0.1) is 0 Å². The molecule has 0 amide bonds. The van der Waals surface area contributed by atoms with Crippen LogP contribution >= 0.6 is 23.2 Å². The SMILES string of the molecule is CCCNc1cc(C2CC2)nc(-c2cc(Cl)ccc2Cl)n1. The quantitative estimate of drug-likeness (QED) is 0.827. The van der Waals surface area contributed by atoms with Gasteiger partial charge < -0.3 is 5.32 Å². The Morgan fingerprint density at radius 1 is 1.19 bits per heavy atom. The van der Waals surface area contributed by atoms with E-state index in [-0.39, 0.29) is 0 Å². The van der Waals surface area contributed by atoms with Crippen LogP contribution in [0.1, 0.15) is 37.8 Å². The van der Waals surface area contributed by atoms with Gasteiger partial charge in [-0.1, -0.05) is 30.1 Å². The average molecular weight is 322 g/mol. The van der Waals surface area contributed by atoms with Crippen LogP contribution in [0.5, 0.6) is 0 Å². The second-order valence-corrected chi connectivity index (χ2v) is 6.17. The molecule has 21 heavy (non-hydrogen) atoms. The molecule has 1 aliphatic rings. The van der Waals surface area contributed by atoms with Crippen molar-refractivity contribution in [2.24, 2.45) is 0 Å². The molecule has 1 fully saturated rings. The van der Waals surface area contributed by atoms with E-state index in [1.165, 1.54) is 12.8 Å². The first kappa shape index (κ1) is 14.6. The Labute approximate surface area is 134 Å². The smallest absolute Gasteiger partial charge is 0.163 e. The molecule has 1 saturated carbocycles. The monoisotopic (exact) mass is 321 g/mol. The van der Waals surface area contributed by atoms with Crippen molar-refractivity contribution in [3.05, 3.63) is 40.0 Å². The fraction of sp³-hybridized carbons (Fsp3) is 0.375. The lowest BCUT2D eigenvalue weighted by molar-refractivity contribution is 0.948. The lowest BCUT2D eigenvalue weighted by Crippen LogP contribution is -2.05. The van der Waals surface area contributed by atoms with E-state index < -0.39 is 0 Å². The van der Waals surface area contributed by atoms with E-state index in [2.05, 4.69) is 28.3 Å². The summed E-state index contributed by atoms with van der Waals surface area (Å²) >= 11 is 12.4. The molecule has 1 aliphatic carbocycles. The Hall–Kier alpha value is -1.32. The maximum atomic E-state index is 6.28. The van der Waals surface area contributed by atoms with Gasteiger partial charge in [0.25, 0.3) is 0 Å². The fourth-order valence-corrected chi connectivity index (χ4v) is 2.56. The van der Waals surface area contributed by atoms with Gasteiger partial charge in [-0.2, -0.15) is 0 Å². The van der Waals surface area contributed by atoms with Crippen molar-refractivity contribution < 1.29 is 0 Å². The van der Waals surface area contributed by atoms with Crippen LogP contribution in [-0.4, -0.2) is 16.5 Å². The van der Waals surface area contributed by atoms with Crippen LogP contribution in [0.4, 0.5) is 5.82 Å². The van der Waals surface area contributed by atoms with Crippen LogP contribution in [0.3, 0.4) is 0 Å². The van der Waals surface area contributed by atoms with Crippen LogP contribution in [0.15, 0.2) is 24.3 Å². The van der Waals surface area contributed by atoms with Crippen LogP contribution in [0.25, 0.3) is 11.4 Å². The van der Waals surface area contributed by atoms with E-state index >= 15 is 0 Å². The van der Waals surface area contributed by atoms with E-state index in [9.17, 15) is 0 Å². The van der Waals surface area contributed by atoms with E-state index in [0.717, 1.165) is 30.0 Å². The number of aromatic nitrogens is 2. The highest BCUT2D eigenvalue weighted by molar-refractivity contribution is 6.35. The number of rotatable bonds is 5. The predicted octanol–water partition coefficient (Wildman–Crippen LogP) is 5.15. The number of benzene rings is 1. The van der Waals surface area contributed by atoms with Gasteiger partial charge in [-0.25, -0.2) is 9.97 Å². The predicted molar refractivity (Wildman–Crippen MR) is 88.2 cm³/mol. The van der Waals surface area contributed by atoms with E-state index in [4.69, 9.17) is 23.2 Å². The second kappa shape index (κ2) is 6.20. The van der Waals surface area contributed by atoms with Crippen LogP contribution in [0.2, 0.25) is 10.0 Å². The number of hydrogen-bond acceptors (Lipinski definition) is 3. The maximum absolute atomic E-state index is 6.28. The highest BCUT2D eigenvalue weighted by Gasteiger charge is 2.26. The van der Waals surface area contributed by atoms with E-state index in [1.807, 2.05) is 6.07 Å². The molecule has 110 valence electrons. The molecule has 0 atom stereocenters. The van der Waals surface area contributed by atoms with Gasteiger partial charge >= 0.3 is 0 Å². The first-order chi connectivity index (χ1) is 10.2. The fourth-order valence-electron chi connectivity index (χ4n) is 2.19. The average Bonchev–Trinajstić information content (AvgIpc) is 3.32. The highest BCUT2D eigenvalue weighted by Crippen LogP contribution is 2.40. The zero-order valence-corrected chi connectivity index (χ0v) is 13.4. The summed E-state index contributed by atoms with van der Waals surface area (Å²) in [6, 6.07) is 7.43. The van der Waals surface area contributed by atoms with Gasteiger partial charge in [-0.3, -0.25) is 0 Å². The number of nitrogens with zero attached hydrogens (tertiary/aromatic N) is 2. The van der Waals surface area contributed by atoms with Crippen molar-refractivity contribution in [2.75, 3.05) is 11.9 Å². The molecule has 0 aliphatic heterocycles. The molecule has 0 saturated heterocycles. The van der Waals surface area contributed by atoms with Crippen molar-refractivity contribution in [1.82, 2.24) is 9.97 Å². The highest BCUT2D eigenvalue weighted by atomic mass is 35.5. The van der Waals surface area contributed by atoms with Gasteiger partial charge in [0.1, 0.15) is 5.82 Å². The van der Waals surface area contributed by atoms with E-state index in [0.29, 0.717) is 21.8 Å². The topological polar surface area (TPSA) is 37.8 Å². The summed E-state index contributed by atoms with van der Waals surface area (Å²) < 4.78 is 0. The maximum Gasteiger partial charge on any atom is 0.163 e. The molecule has 0 unspecified atom stereocenters. The molecule has 1 N–H and O–H groups in total. The first-order valence-corrected chi connectivity index (χ1v) is 8.01. The Morgan fingerprint density at radius 2 is 2.00 bits per heavy atom. The summed E-state index contributed by atoms with van der Waals surface area (Å²) in [7, 11) is 0. The molecule has 3 rings (SSSR count). The minimum atomic E-state index is 0.562. The summed E-state index contributed by atoms with van der Waals surface area (Å²) in [5, 5.41) is 4.59. The third kappa shape index (κ3) is 3.47. The lowest BCUT2D eigenvalue weighted by Gasteiger charge is -2.10. The largest absolute Gasteiger partial charge is 0.370 e. The van der Waals surface area contributed by atoms with Gasteiger partial charge in [0, 0.05) is 34.8 Å². The minimum Gasteiger partial charge on any atom is -0.370 e. The molecule has 0 spiro atoms. The van der Waals surface area contributed by atoms with Crippen molar-refractivity contribution in [1.29, 1.82) is 0 Å². The molecule has 1 heterocycles. The standard InChI is InChI=1S/C16H17Cl2N3/c1-2-7-19-15-9-14(10-3-4-10)20-16(21-15)12-8-11(17)5-6-13(12)18/h5-6,8-10H,2-4,7H2,1H3,(H,19,20,21). The summed E-state index contributed by atoms with van der Waals surface area (Å²) in [5.74, 6) is 2.07. The molecule has 1 aromatic heterocycles. The summed E-state index contributed by atoms with van der Waals surface area (Å²) in [4.78, 5) is 9.27. The normalized spacial score (nSPS) is 14.2. The molecule has 0 bridgehead atoms. The third-order valence-electron chi connectivity index (χ3n) is 3.47. The second-order valence-electron chi connectivity index (χ2n) is 5.33. The van der Waals surface area contributed by atoms with Gasteiger partial charge in [-0.15, -0.1) is 0 Å². The molecule has 1 aromatic carbocycles. The third-order valence-corrected chi connectivity index (χ3v) is 4.03. The zero-order chi connectivity index (χ0) is 14.8. The molecule has 5 heteroatoms. The van der Waals surface area contributed by atoms with Gasteiger partial charge in [0.2, 0.25) is 0 Å². The van der Waals surface area contributed by atoms with Crippen molar-refractivity contribution in [3.8, 4) is 11.4 Å². The Kier molecular flexibility index (Phi) is 4.32. The molecule has 2 aromatic rings. The van der Waals surface area contributed by atoms with E-state index in [1.54, 1.807) is 12.1 Å². The molecule has 3 nitrogen and oxygen atoms in total. The summed E-state index contributed by atoms with van der Waals surface area (Å²) in [6.45, 7) is 3.02. The molecule has 0 radical (unpaired) electrons. The number of hydrogen-bond donors (Lipinski definition) is 1. The van der Waals surface area contributed by atoms with Crippen molar-refractivity contribution in [2.45, 2.75) is 32.1 Å². The number of anilines is 1. The van der Waals surface area contributed by atoms with Crippen LogP contribution < -0.4 is 5.32 Å². The first-order valence-electron chi connectivity index (χ1n) is 7.25. The van der Waals surface area contributed by atoms with Gasteiger partial charge in [-0.05, 0) is 37.5 Å². The molecular weight excluding hydrogens is 305 g/mol. The Balaban J connectivity index is 2.03. The Morgan fingerprint density at radius 3 is 2.71 bits per heavy atom. The number of nitrogens with one attached hydrogen (secondary N) is 1. The zero-order valence-electron chi connectivity index (χ0n) is 11.9. The van der Waals surface area contributed by atoms with Crippen molar-refractivity contribution in [3.63, 3.8) is 0 Å². The minimum absolute atomic E-state index is 0.562. The van der Waals surface area contributed by atoms with Gasteiger partial charge in [0.15, 0.2) is 5.82 Å². The summed E-state index contributed by atoms with van der Waals surface area (Å²) in [6.07, 6.45) is 3.45. The van der Waals surface area contributed by atoms with Gasteiger partial charge in [0.05, 0.1) is 5.02 Å².